The molecule has 4 rings (SSSR count). The van der Waals surface area contributed by atoms with Crippen molar-refractivity contribution < 1.29 is 0 Å². The van der Waals surface area contributed by atoms with Gasteiger partial charge in [0.05, 0.1) is 0 Å². The molecule has 0 aromatic heterocycles. The summed E-state index contributed by atoms with van der Waals surface area (Å²) in [5, 5.41) is 3.35. The van der Waals surface area contributed by atoms with Crippen molar-refractivity contribution >= 4 is 16.5 Å². The van der Waals surface area contributed by atoms with E-state index in [1.807, 2.05) is 0 Å². The molecule has 4 aliphatic rings. The summed E-state index contributed by atoms with van der Waals surface area (Å²) in [5.74, 6) is 0.471. The Hall–Kier alpha value is -1.73. The van der Waals surface area contributed by atoms with Crippen molar-refractivity contribution in [3.8, 4) is 0 Å². The molecule has 1 unspecified atom stereocenters. The average molecular weight is 559 g/mol. The molecule has 0 amide bonds. The minimum atomic E-state index is -1.79. The van der Waals surface area contributed by atoms with Crippen LogP contribution in [-0.4, -0.2) is 27.5 Å². The van der Waals surface area contributed by atoms with Crippen LogP contribution in [0, 0.1) is 5.92 Å². The highest BCUT2D eigenvalue weighted by Gasteiger charge is 2.39. The summed E-state index contributed by atoms with van der Waals surface area (Å²) in [6, 6.07) is 0. The predicted molar refractivity (Wildman–Crippen MR) is 178 cm³/mol. The topological polar surface area (TPSA) is 24.1 Å². The highest BCUT2D eigenvalue weighted by atomic mass is 28.3. The summed E-state index contributed by atoms with van der Waals surface area (Å²) in [4.78, 5) is 8.12. The van der Waals surface area contributed by atoms with Gasteiger partial charge in [-0.25, -0.2) is 0 Å². The molecule has 0 spiro atoms. The monoisotopic (exact) mass is 558 g/mol. The molecule has 4 heteroatoms. The molecule has 1 atom stereocenters. The van der Waals surface area contributed by atoms with Crippen LogP contribution in [0.4, 0.5) is 0 Å². The number of hydrogen-bond acceptors (Lipinski definition) is 2. The molecule has 0 heterocycles. The zero-order chi connectivity index (χ0) is 28.6. The first-order chi connectivity index (χ1) is 18.1. The number of fused-ring (bicyclic) bond motifs is 2. The van der Waals surface area contributed by atoms with E-state index < -0.39 is 16.5 Å². The molecule has 0 fully saturated rings. The molecule has 2 nitrogen and oxygen atoms in total. The highest BCUT2D eigenvalue weighted by molar-refractivity contribution is 6.83. The van der Waals surface area contributed by atoms with Gasteiger partial charge in [0.2, 0.25) is 0 Å². The Morgan fingerprint density at radius 2 is 1.38 bits per heavy atom. The van der Waals surface area contributed by atoms with Crippen LogP contribution in [0.5, 0.6) is 0 Å². The quantitative estimate of drug-likeness (QED) is 0.206. The van der Waals surface area contributed by atoms with E-state index in [2.05, 4.69) is 132 Å². The van der Waals surface area contributed by atoms with Crippen LogP contribution in [-0.2, 0) is 0 Å². The normalized spacial score (nSPS) is 21.4. The van der Waals surface area contributed by atoms with Gasteiger partial charge in [-0.05, 0) is 106 Å². The molecule has 0 bridgehead atoms. The van der Waals surface area contributed by atoms with Crippen molar-refractivity contribution in [1.82, 2.24) is 9.96 Å². The van der Waals surface area contributed by atoms with E-state index in [9.17, 15) is 0 Å². The molecule has 0 radical (unpaired) electrons. The van der Waals surface area contributed by atoms with E-state index in [0.29, 0.717) is 5.92 Å². The minimum absolute atomic E-state index is 0.128. The Labute approximate surface area is 242 Å². The van der Waals surface area contributed by atoms with Gasteiger partial charge >= 0.3 is 0 Å². The Morgan fingerprint density at radius 1 is 0.769 bits per heavy atom. The lowest BCUT2D eigenvalue weighted by molar-refractivity contribution is 0.513. The number of hydrogen-bond donors (Lipinski definition) is 2. The van der Waals surface area contributed by atoms with Gasteiger partial charge in [-0.2, -0.15) is 0 Å². The van der Waals surface area contributed by atoms with Gasteiger partial charge in [0.1, 0.15) is 0 Å². The molecule has 212 valence electrons. The second-order valence-electron chi connectivity index (χ2n) is 15.1. The number of unbranched alkanes of at least 4 members (excludes halogenated alkanes) is 2. The molecular formula is C35H54N2Si2. The maximum Gasteiger partial charge on any atom is 0.152 e. The van der Waals surface area contributed by atoms with Gasteiger partial charge in [-0.15, -0.1) is 0 Å². The first-order valence-electron chi connectivity index (χ1n) is 15.3. The van der Waals surface area contributed by atoms with Crippen molar-refractivity contribution in [2.24, 2.45) is 5.92 Å². The molecule has 2 N–H and O–H groups in total. The fourth-order valence-corrected chi connectivity index (χ4v) is 15.6. The Bertz CT molecular complexity index is 1210. The van der Waals surface area contributed by atoms with Gasteiger partial charge < -0.3 is 9.96 Å². The number of rotatable bonds is 10. The third-order valence-electron chi connectivity index (χ3n) is 8.11. The summed E-state index contributed by atoms with van der Waals surface area (Å²) in [5.41, 5.74) is 8.10. The van der Waals surface area contributed by atoms with Crippen LogP contribution >= 0.6 is 0 Å². The molecule has 0 aromatic carbocycles. The van der Waals surface area contributed by atoms with Crippen LogP contribution in [0.3, 0.4) is 0 Å². The molecule has 39 heavy (non-hydrogen) atoms. The Balaban J connectivity index is 1.42. The maximum absolute atomic E-state index is 4.06. The van der Waals surface area contributed by atoms with E-state index in [1.165, 1.54) is 37.7 Å². The zero-order valence-corrected chi connectivity index (χ0v) is 28.5. The van der Waals surface area contributed by atoms with Crippen LogP contribution in [0.25, 0.3) is 0 Å². The van der Waals surface area contributed by atoms with Crippen LogP contribution in [0.15, 0.2) is 92.9 Å². The minimum Gasteiger partial charge on any atom is -0.329 e. The maximum atomic E-state index is 4.06. The Morgan fingerprint density at radius 3 is 2.03 bits per heavy atom. The van der Waals surface area contributed by atoms with Crippen LogP contribution < -0.4 is 9.96 Å². The molecule has 0 saturated carbocycles. The smallest absolute Gasteiger partial charge is 0.152 e. The average Bonchev–Trinajstić information content (AvgIpc) is 3.34. The van der Waals surface area contributed by atoms with Gasteiger partial charge in [-0.1, -0.05) is 92.9 Å². The number of nitrogens with one attached hydrogen (secondary N) is 2. The van der Waals surface area contributed by atoms with Gasteiger partial charge in [0.15, 0.2) is 16.5 Å². The fourth-order valence-electron chi connectivity index (χ4n) is 7.60. The van der Waals surface area contributed by atoms with E-state index >= 15 is 0 Å². The molecule has 0 aromatic rings. The summed E-state index contributed by atoms with van der Waals surface area (Å²) in [6.07, 6.45) is 28.5. The SMILES string of the molecule is CC(C)(C)N[Si](C)(C)C1=C2CC=CC=C2C=C1CCCCCC1=CC2C=CC=CC2=C1[Si](C)(C)NC(C)(C)C. The molecule has 0 saturated heterocycles. The van der Waals surface area contributed by atoms with Gasteiger partial charge in [0.25, 0.3) is 0 Å². The molecular weight excluding hydrogens is 505 g/mol. The van der Waals surface area contributed by atoms with E-state index in [-0.39, 0.29) is 11.1 Å². The lowest BCUT2D eigenvalue weighted by atomic mass is 9.98. The lowest BCUT2D eigenvalue weighted by Gasteiger charge is -2.36. The first-order valence-corrected chi connectivity index (χ1v) is 21.3. The van der Waals surface area contributed by atoms with Gasteiger partial charge in [0, 0.05) is 17.0 Å². The van der Waals surface area contributed by atoms with E-state index in [0.717, 1.165) is 6.42 Å². The molecule has 4 aliphatic carbocycles. The van der Waals surface area contributed by atoms with E-state index in [1.54, 1.807) is 32.7 Å². The summed E-state index contributed by atoms with van der Waals surface area (Å²) in [7, 11) is -3.57. The van der Waals surface area contributed by atoms with Crippen LogP contribution in [0.1, 0.15) is 80.1 Å². The second kappa shape index (κ2) is 11.3. The molecule has 0 aliphatic heterocycles. The predicted octanol–water partition coefficient (Wildman–Crippen LogP) is 9.30. The third-order valence-corrected chi connectivity index (χ3v) is 14.6. The van der Waals surface area contributed by atoms with E-state index in [4.69, 9.17) is 0 Å². The van der Waals surface area contributed by atoms with Crippen molar-refractivity contribution in [2.75, 3.05) is 0 Å². The van der Waals surface area contributed by atoms with Crippen molar-refractivity contribution in [3.63, 3.8) is 0 Å². The first kappa shape index (κ1) is 30.2. The second-order valence-corrected chi connectivity index (χ2v) is 23.1. The third kappa shape index (κ3) is 7.32. The number of allylic oxidation sites excluding steroid dienone is 16. The van der Waals surface area contributed by atoms with Gasteiger partial charge in [-0.3, -0.25) is 0 Å². The van der Waals surface area contributed by atoms with Crippen molar-refractivity contribution in [1.29, 1.82) is 0 Å². The summed E-state index contributed by atoms with van der Waals surface area (Å²) in [6.45, 7) is 23.9. The Kier molecular flexibility index (Phi) is 8.74. The highest BCUT2D eigenvalue weighted by Crippen LogP contribution is 2.43. The zero-order valence-electron chi connectivity index (χ0n) is 26.5. The summed E-state index contributed by atoms with van der Waals surface area (Å²) >= 11 is 0. The fraction of sp³-hybridized carbons (Fsp3) is 0.543. The van der Waals surface area contributed by atoms with Crippen LogP contribution in [0.2, 0.25) is 26.2 Å². The van der Waals surface area contributed by atoms with Crippen molar-refractivity contribution in [2.45, 2.75) is 117 Å². The largest absolute Gasteiger partial charge is 0.329 e. The summed E-state index contributed by atoms with van der Waals surface area (Å²) < 4.78 is 0. The van der Waals surface area contributed by atoms with Crippen molar-refractivity contribution in [3.05, 3.63) is 92.9 Å². The standard InChI is InChI=1S/C35H54N2Si2/c1-34(2,3)36-38(7,8)32-28(24-26-18-14-16-22-30(26)32)20-12-11-13-21-29-25-27-19-15-17-23-31(27)33(29)39(9,10)37-35(4,5)6/h14-19,22,24-26,36-37H,11-13,20-21,23H2,1-10H3. The lowest BCUT2D eigenvalue weighted by Crippen LogP contribution is -2.56.